The number of nitriles is 1. The number of furan rings is 1. The summed E-state index contributed by atoms with van der Waals surface area (Å²) in [6, 6.07) is 10.4. The summed E-state index contributed by atoms with van der Waals surface area (Å²) in [5, 5.41) is 12.2. The summed E-state index contributed by atoms with van der Waals surface area (Å²) in [6.45, 7) is 6.82. The number of likely N-dealkylation sites (N-methyl/N-ethyl adjacent to an activating group) is 1. The number of piperidine rings is 2. The van der Waals surface area contributed by atoms with Crippen LogP contribution in [-0.4, -0.2) is 66.4 Å². The van der Waals surface area contributed by atoms with E-state index in [-0.39, 0.29) is 54.7 Å². The van der Waals surface area contributed by atoms with E-state index in [2.05, 4.69) is 37.2 Å². The van der Waals surface area contributed by atoms with Crippen LogP contribution in [0.25, 0.3) is 0 Å². The molecule has 4 heterocycles. The predicted octanol–water partition coefficient (Wildman–Crippen LogP) is 2.77. The standard InChI is InChI=1S/C29H34N4O5/c1-5-38-23(34)14-31-27(35)25-22-12-21-15-32(4)26(24(22)17(2)3)29(21,20-8-6-18(13-30)7-9-20)33(25)28(36)19-10-11-37-16-19/h6-11,16-17,21-22,24-26H,5,12,14-15H2,1-4H3,(H,31,35)/t21-,22+,24+,25-,26-,29-/m0/s1. The number of amides is 2. The maximum atomic E-state index is 14.3. The molecule has 9 heteroatoms. The van der Waals surface area contributed by atoms with E-state index in [1.54, 1.807) is 30.0 Å². The van der Waals surface area contributed by atoms with Crippen LogP contribution in [-0.2, 0) is 19.9 Å². The lowest BCUT2D eigenvalue weighted by Crippen LogP contribution is -2.77. The zero-order valence-corrected chi connectivity index (χ0v) is 22.2. The van der Waals surface area contributed by atoms with Crippen LogP contribution in [0.2, 0.25) is 0 Å². The Hall–Kier alpha value is -3.64. The van der Waals surface area contributed by atoms with Crippen molar-refractivity contribution < 1.29 is 23.5 Å². The van der Waals surface area contributed by atoms with E-state index in [0.29, 0.717) is 11.1 Å². The number of likely N-dealkylation sites (tertiary alicyclic amines) is 1. The molecule has 1 aliphatic carbocycles. The molecule has 9 nitrogen and oxygen atoms in total. The van der Waals surface area contributed by atoms with Gasteiger partial charge in [-0.3, -0.25) is 14.4 Å². The van der Waals surface area contributed by atoms with E-state index < -0.39 is 17.6 Å². The summed E-state index contributed by atoms with van der Waals surface area (Å²) in [7, 11) is 2.10. The third kappa shape index (κ3) is 3.81. The molecule has 2 amide bonds. The van der Waals surface area contributed by atoms with Gasteiger partial charge < -0.3 is 24.3 Å². The van der Waals surface area contributed by atoms with Gasteiger partial charge in [0.2, 0.25) is 5.91 Å². The number of esters is 1. The van der Waals surface area contributed by atoms with Crippen molar-refractivity contribution >= 4 is 17.8 Å². The molecule has 1 aromatic heterocycles. The average Bonchev–Trinajstić information content (AvgIpc) is 3.51. The summed E-state index contributed by atoms with van der Waals surface area (Å²) in [5.41, 5.74) is 1.02. The molecule has 38 heavy (non-hydrogen) atoms. The molecule has 4 bridgehead atoms. The monoisotopic (exact) mass is 518 g/mol. The SMILES string of the molecule is CCOC(=O)CNC(=O)[C@@H]1[C@@H]2C[C@H]3CN(C)[C@@H]([C@@H]2C(C)C)[C@@]3(c2ccc(C#N)cc2)N1C(=O)c1ccoc1. The maximum Gasteiger partial charge on any atom is 0.325 e. The van der Waals surface area contributed by atoms with Crippen molar-refractivity contribution in [3.8, 4) is 6.07 Å². The van der Waals surface area contributed by atoms with Crippen molar-refractivity contribution in [2.45, 2.75) is 44.8 Å². The number of hydrogen-bond donors (Lipinski definition) is 1. The highest BCUT2D eigenvalue weighted by Crippen LogP contribution is 2.64. The first-order chi connectivity index (χ1) is 18.2. The van der Waals surface area contributed by atoms with Crippen LogP contribution in [0.3, 0.4) is 0 Å². The Morgan fingerprint density at radius 3 is 2.58 bits per heavy atom. The third-order valence-corrected chi connectivity index (χ3v) is 8.77. The molecule has 0 spiro atoms. The minimum absolute atomic E-state index is 0.0239. The third-order valence-electron chi connectivity index (χ3n) is 8.77. The molecule has 4 aliphatic rings. The number of benzene rings is 1. The van der Waals surface area contributed by atoms with Crippen LogP contribution < -0.4 is 5.32 Å². The van der Waals surface area contributed by atoms with Crippen LogP contribution in [0.4, 0.5) is 0 Å². The molecule has 0 unspecified atom stereocenters. The molecule has 1 saturated carbocycles. The molecular weight excluding hydrogens is 484 g/mol. The highest BCUT2D eigenvalue weighted by atomic mass is 16.5. The molecule has 4 fully saturated rings. The highest BCUT2D eigenvalue weighted by Gasteiger charge is 2.73. The topological polar surface area (TPSA) is 116 Å². The molecule has 1 aromatic carbocycles. The predicted molar refractivity (Wildman–Crippen MR) is 137 cm³/mol. The Bertz CT molecular complexity index is 1250. The quantitative estimate of drug-likeness (QED) is 0.561. The average molecular weight is 519 g/mol. The van der Waals surface area contributed by atoms with Gasteiger partial charge in [-0.25, -0.2) is 0 Å². The van der Waals surface area contributed by atoms with Crippen molar-refractivity contribution in [3.63, 3.8) is 0 Å². The summed E-state index contributed by atoms with van der Waals surface area (Å²) in [5.74, 6) is -0.779. The van der Waals surface area contributed by atoms with Gasteiger partial charge in [-0.1, -0.05) is 26.0 Å². The first kappa shape index (κ1) is 26.0. The first-order valence-corrected chi connectivity index (χ1v) is 13.3. The number of nitrogens with one attached hydrogen (secondary N) is 1. The van der Waals surface area contributed by atoms with Gasteiger partial charge in [0.15, 0.2) is 0 Å². The summed E-state index contributed by atoms with van der Waals surface area (Å²) in [6.07, 6.45) is 3.64. The van der Waals surface area contributed by atoms with Crippen molar-refractivity contribution in [2.75, 3.05) is 26.7 Å². The molecule has 200 valence electrons. The molecule has 6 rings (SSSR count). The smallest absolute Gasteiger partial charge is 0.325 e. The zero-order valence-electron chi connectivity index (χ0n) is 22.2. The van der Waals surface area contributed by atoms with Crippen molar-refractivity contribution in [2.24, 2.45) is 23.7 Å². The van der Waals surface area contributed by atoms with Gasteiger partial charge in [0.1, 0.15) is 18.8 Å². The van der Waals surface area contributed by atoms with Gasteiger partial charge in [0.25, 0.3) is 5.91 Å². The second-order valence-electron chi connectivity index (χ2n) is 11.0. The zero-order chi connectivity index (χ0) is 27.2. The molecular formula is C29H34N4O5. The van der Waals surface area contributed by atoms with Gasteiger partial charge in [-0.15, -0.1) is 0 Å². The Kier molecular flexibility index (Phi) is 6.78. The van der Waals surface area contributed by atoms with Gasteiger partial charge in [-0.05, 0) is 61.9 Å². The summed E-state index contributed by atoms with van der Waals surface area (Å²) >= 11 is 0. The van der Waals surface area contributed by atoms with Crippen molar-refractivity contribution in [3.05, 3.63) is 59.5 Å². The minimum Gasteiger partial charge on any atom is -0.472 e. The second-order valence-corrected chi connectivity index (χ2v) is 11.0. The van der Waals surface area contributed by atoms with Crippen molar-refractivity contribution in [1.82, 2.24) is 15.1 Å². The number of ether oxygens (including phenoxy) is 1. The number of carbonyl (C=O) groups is 3. The molecule has 6 atom stereocenters. The Morgan fingerprint density at radius 1 is 1.24 bits per heavy atom. The second kappa shape index (κ2) is 9.91. The van der Waals surface area contributed by atoms with Gasteiger partial charge >= 0.3 is 5.97 Å². The molecule has 1 N–H and O–H groups in total. The van der Waals surface area contributed by atoms with Crippen LogP contribution in [0.1, 0.15) is 48.7 Å². The lowest BCUT2D eigenvalue weighted by molar-refractivity contribution is -0.164. The van der Waals surface area contributed by atoms with Crippen LogP contribution in [0.5, 0.6) is 0 Å². The summed E-state index contributed by atoms with van der Waals surface area (Å²) in [4.78, 5) is 44.5. The van der Waals surface area contributed by atoms with Gasteiger partial charge in [0.05, 0.1) is 35.6 Å². The maximum absolute atomic E-state index is 14.3. The highest BCUT2D eigenvalue weighted by molar-refractivity contribution is 5.99. The molecule has 3 saturated heterocycles. The van der Waals surface area contributed by atoms with Crippen molar-refractivity contribution in [1.29, 1.82) is 5.26 Å². The first-order valence-electron chi connectivity index (χ1n) is 13.3. The van der Waals surface area contributed by atoms with Gasteiger partial charge in [0, 0.05) is 18.5 Å². The van der Waals surface area contributed by atoms with Crippen LogP contribution in [0, 0.1) is 35.0 Å². The molecule has 0 radical (unpaired) electrons. The van der Waals surface area contributed by atoms with E-state index in [1.807, 2.05) is 12.1 Å². The van der Waals surface area contributed by atoms with Crippen LogP contribution >= 0.6 is 0 Å². The fourth-order valence-corrected chi connectivity index (χ4v) is 7.66. The number of carbonyl (C=O) groups excluding carboxylic acids is 3. The largest absolute Gasteiger partial charge is 0.472 e. The Balaban J connectivity index is 1.69. The number of fused-ring (bicyclic) bond motifs is 1. The van der Waals surface area contributed by atoms with E-state index >= 15 is 0 Å². The van der Waals surface area contributed by atoms with E-state index in [9.17, 15) is 19.6 Å². The Labute approximate surface area is 222 Å². The van der Waals surface area contributed by atoms with Crippen LogP contribution in [0.15, 0.2) is 47.3 Å². The Morgan fingerprint density at radius 2 is 1.97 bits per heavy atom. The number of hydrogen-bond acceptors (Lipinski definition) is 7. The summed E-state index contributed by atoms with van der Waals surface area (Å²) < 4.78 is 10.3. The molecule has 3 aliphatic heterocycles. The lowest BCUT2D eigenvalue weighted by Gasteiger charge is -2.65. The minimum atomic E-state index is -0.799. The normalized spacial score (nSPS) is 29.8. The lowest BCUT2D eigenvalue weighted by atomic mass is 9.51. The number of rotatable bonds is 7. The molecule has 2 aromatic rings. The fraction of sp³-hybridized carbons (Fsp3) is 0.517. The number of nitrogens with zero attached hydrogens (tertiary/aromatic N) is 3. The van der Waals surface area contributed by atoms with Gasteiger partial charge in [-0.2, -0.15) is 5.26 Å². The van der Waals surface area contributed by atoms with E-state index in [0.717, 1.165) is 18.5 Å². The van der Waals surface area contributed by atoms with E-state index in [4.69, 9.17) is 9.15 Å². The fourth-order valence-electron chi connectivity index (χ4n) is 7.66. The van der Waals surface area contributed by atoms with E-state index in [1.165, 1.54) is 12.5 Å².